The van der Waals surface area contributed by atoms with Gasteiger partial charge in [-0.15, -0.1) is 5.10 Å². The highest BCUT2D eigenvalue weighted by molar-refractivity contribution is 7.90. The lowest BCUT2D eigenvalue weighted by Crippen LogP contribution is -2.09. The van der Waals surface area contributed by atoms with Gasteiger partial charge in [0.2, 0.25) is 0 Å². The zero-order valence-electron chi connectivity index (χ0n) is 11.4. The van der Waals surface area contributed by atoms with Gasteiger partial charge in [0.15, 0.2) is 5.82 Å². The summed E-state index contributed by atoms with van der Waals surface area (Å²) >= 11 is 0. The van der Waals surface area contributed by atoms with Gasteiger partial charge in [0.1, 0.15) is 9.84 Å². The summed E-state index contributed by atoms with van der Waals surface area (Å²) in [7, 11) is -2.97. The van der Waals surface area contributed by atoms with Crippen molar-refractivity contribution in [1.29, 1.82) is 0 Å². The summed E-state index contributed by atoms with van der Waals surface area (Å²) in [6.45, 7) is 2.37. The van der Waals surface area contributed by atoms with Gasteiger partial charge >= 0.3 is 0 Å². The number of benzene rings is 1. The molecule has 0 unspecified atom stereocenters. The third-order valence-electron chi connectivity index (χ3n) is 2.94. The van der Waals surface area contributed by atoms with Crippen molar-refractivity contribution < 1.29 is 8.42 Å². The van der Waals surface area contributed by atoms with E-state index >= 15 is 0 Å². The maximum Gasteiger partial charge on any atom is 0.182 e. The molecule has 1 aromatic heterocycles. The van der Waals surface area contributed by atoms with Gasteiger partial charge in [0.25, 0.3) is 0 Å². The van der Waals surface area contributed by atoms with Gasteiger partial charge in [-0.3, -0.25) is 0 Å². The SMILES string of the molecule is Cc1cc(-c2nnnn2CCCS(C)(=O)=O)ccc1N. The van der Waals surface area contributed by atoms with Gasteiger partial charge in [-0.25, -0.2) is 13.1 Å². The van der Waals surface area contributed by atoms with Crippen molar-refractivity contribution in [2.24, 2.45) is 0 Å². The quantitative estimate of drug-likeness (QED) is 0.813. The second kappa shape index (κ2) is 5.58. The molecule has 8 heteroatoms. The predicted molar refractivity (Wildman–Crippen MR) is 76.7 cm³/mol. The van der Waals surface area contributed by atoms with Gasteiger partial charge in [-0.2, -0.15) is 0 Å². The Morgan fingerprint density at radius 2 is 2.10 bits per heavy atom. The van der Waals surface area contributed by atoms with Crippen LogP contribution in [0.15, 0.2) is 18.2 Å². The second-order valence-electron chi connectivity index (χ2n) is 4.78. The fourth-order valence-corrected chi connectivity index (χ4v) is 2.51. The molecule has 0 saturated carbocycles. The summed E-state index contributed by atoms with van der Waals surface area (Å²) < 4.78 is 23.9. The average molecular weight is 295 g/mol. The van der Waals surface area contributed by atoms with Gasteiger partial charge in [-0.1, -0.05) is 0 Å². The first-order chi connectivity index (χ1) is 9.37. The molecule has 0 atom stereocenters. The molecule has 2 rings (SSSR count). The number of nitrogens with two attached hydrogens (primary N) is 1. The van der Waals surface area contributed by atoms with Crippen molar-refractivity contribution in [2.45, 2.75) is 19.9 Å². The van der Waals surface area contributed by atoms with E-state index < -0.39 is 9.84 Å². The molecule has 1 aromatic carbocycles. The van der Waals surface area contributed by atoms with E-state index in [0.29, 0.717) is 24.5 Å². The van der Waals surface area contributed by atoms with Crippen molar-refractivity contribution in [3.05, 3.63) is 23.8 Å². The maximum absolute atomic E-state index is 11.1. The van der Waals surface area contributed by atoms with Crippen LogP contribution in [-0.4, -0.2) is 40.6 Å². The van der Waals surface area contributed by atoms with Crippen LogP contribution in [0.1, 0.15) is 12.0 Å². The Kier molecular flexibility index (Phi) is 4.03. The van der Waals surface area contributed by atoms with E-state index in [1.54, 1.807) is 10.7 Å². The Morgan fingerprint density at radius 1 is 1.35 bits per heavy atom. The summed E-state index contributed by atoms with van der Waals surface area (Å²) in [4.78, 5) is 0. The summed E-state index contributed by atoms with van der Waals surface area (Å²) in [5, 5.41) is 11.5. The number of tetrazole rings is 1. The van der Waals surface area contributed by atoms with E-state index in [4.69, 9.17) is 5.73 Å². The van der Waals surface area contributed by atoms with Crippen molar-refractivity contribution in [3.8, 4) is 11.4 Å². The fraction of sp³-hybridized carbons (Fsp3) is 0.417. The smallest absolute Gasteiger partial charge is 0.182 e. The van der Waals surface area contributed by atoms with Crippen LogP contribution in [-0.2, 0) is 16.4 Å². The Labute approximate surface area is 117 Å². The number of rotatable bonds is 5. The third kappa shape index (κ3) is 3.53. The third-order valence-corrected chi connectivity index (χ3v) is 3.98. The van der Waals surface area contributed by atoms with E-state index in [0.717, 1.165) is 11.1 Å². The maximum atomic E-state index is 11.1. The number of hydrogen-bond acceptors (Lipinski definition) is 6. The molecule has 108 valence electrons. The van der Waals surface area contributed by atoms with Crippen LogP contribution in [0.5, 0.6) is 0 Å². The Hall–Kier alpha value is -1.96. The first kappa shape index (κ1) is 14.4. The summed E-state index contributed by atoms with van der Waals surface area (Å²) in [5.74, 6) is 0.731. The standard InChI is InChI=1S/C12H17N5O2S/c1-9-8-10(4-5-11(9)13)12-14-15-16-17(12)6-3-7-20(2,18)19/h4-5,8H,3,6-7,13H2,1-2H3. The number of anilines is 1. The highest BCUT2D eigenvalue weighted by atomic mass is 32.2. The number of sulfone groups is 1. The van der Waals surface area contributed by atoms with Gasteiger partial charge in [0, 0.05) is 24.1 Å². The highest BCUT2D eigenvalue weighted by Gasteiger charge is 2.10. The monoisotopic (exact) mass is 295 g/mol. The second-order valence-corrected chi connectivity index (χ2v) is 7.04. The van der Waals surface area contributed by atoms with Gasteiger partial charge < -0.3 is 5.73 Å². The van der Waals surface area contributed by atoms with E-state index in [1.807, 2.05) is 19.1 Å². The lowest BCUT2D eigenvalue weighted by atomic mass is 10.1. The van der Waals surface area contributed by atoms with E-state index in [-0.39, 0.29) is 5.75 Å². The molecule has 1 heterocycles. The van der Waals surface area contributed by atoms with Crippen LogP contribution in [0.3, 0.4) is 0 Å². The zero-order valence-corrected chi connectivity index (χ0v) is 12.3. The van der Waals surface area contributed by atoms with Gasteiger partial charge in [0.05, 0.1) is 5.75 Å². The number of nitrogen functional groups attached to an aromatic ring is 1. The molecule has 0 aliphatic rings. The van der Waals surface area contributed by atoms with Crippen LogP contribution in [0.4, 0.5) is 5.69 Å². The molecule has 0 radical (unpaired) electrons. The summed E-state index contributed by atoms with van der Waals surface area (Å²) in [6.07, 6.45) is 1.70. The van der Waals surface area contributed by atoms with Crippen LogP contribution in [0, 0.1) is 6.92 Å². The van der Waals surface area contributed by atoms with Crippen LogP contribution in [0.2, 0.25) is 0 Å². The predicted octanol–water partition coefficient (Wildman–Crippen LogP) is 0.665. The lowest BCUT2D eigenvalue weighted by Gasteiger charge is -2.06. The molecular weight excluding hydrogens is 278 g/mol. The molecule has 0 spiro atoms. The first-order valence-electron chi connectivity index (χ1n) is 6.17. The molecular formula is C12H17N5O2S. The van der Waals surface area contributed by atoms with Crippen LogP contribution < -0.4 is 5.73 Å². The molecule has 0 aliphatic heterocycles. The minimum atomic E-state index is -2.97. The minimum absolute atomic E-state index is 0.118. The molecule has 0 aliphatic carbocycles. The zero-order chi connectivity index (χ0) is 14.8. The van der Waals surface area contributed by atoms with Crippen molar-refractivity contribution in [2.75, 3.05) is 17.7 Å². The molecule has 7 nitrogen and oxygen atoms in total. The number of hydrogen-bond donors (Lipinski definition) is 1. The number of nitrogens with zero attached hydrogens (tertiary/aromatic N) is 4. The Balaban J connectivity index is 2.17. The van der Waals surface area contributed by atoms with Crippen LogP contribution >= 0.6 is 0 Å². The van der Waals surface area contributed by atoms with E-state index in [9.17, 15) is 8.42 Å². The molecule has 0 bridgehead atoms. The average Bonchev–Trinajstić information content (AvgIpc) is 2.79. The summed E-state index contributed by atoms with van der Waals surface area (Å²) in [5.41, 5.74) is 8.31. The van der Waals surface area contributed by atoms with Crippen LogP contribution in [0.25, 0.3) is 11.4 Å². The molecule has 0 fully saturated rings. The largest absolute Gasteiger partial charge is 0.399 e. The molecule has 2 N–H and O–H groups in total. The first-order valence-corrected chi connectivity index (χ1v) is 8.23. The topological polar surface area (TPSA) is 104 Å². The molecule has 0 amide bonds. The minimum Gasteiger partial charge on any atom is -0.399 e. The highest BCUT2D eigenvalue weighted by Crippen LogP contribution is 2.21. The molecule has 2 aromatic rings. The molecule has 20 heavy (non-hydrogen) atoms. The van der Waals surface area contributed by atoms with E-state index in [2.05, 4.69) is 15.5 Å². The summed E-state index contributed by atoms with van der Waals surface area (Å²) in [6, 6.07) is 5.56. The Bertz CT molecular complexity index is 708. The number of aromatic nitrogens is 4. The Morgan fingerprint density at radius 3 is 2.75 bits per heavy atom. The number of aryl methyl sites for hydroxylation is 2. The molecule has 0 saturated heterocycles. The van der Waals surface area contributed by atoms with Crippen molar-refractivity contribution in [3.63, 3.8) is 0 Å². The normalized spacial score (nSPS) is 11.7. The van der Waals surface area contributed by atoms with Crippen molar-refractivity contribution in [1.82, 2.24) is 20.2 Å². The van der Waals surface area contributed by atoms with E-state index in [1.165, 1.54) is 6.26 Å². The fourth-order valence-electron chi connectivity index (χ4n) is 1.85. The van der Waals surface area contributed by atoms with Gasteiger partial charge in [-0.05, 0) is 47.5 Å². The van der Waals surface area contributed by atoms with Crippen molar-refractivity contribution >= 4 is 15.5 Å². The lowest BCUT2D eigenvalue weighted by molar-refractivity contribution is 0.567.